The van der Waals surface area contributed by atoms with E-state index in [-0.39, 0.29) is 35.0 Å². The Kier molecular flexibility index (Phi) is 3.94. The zero-order valence-corrected chi connectivity index (χ0v) is 14.6. The molecule has 7 heteroatoms. The van der Waals surface area contributed by atoms with E-state index in [0.29, 0.717) is 6.42 Å². The van der Waals surface area contributed by atoms with Crippen LogP contribution in [-0.4, -0.2) is 32.0 Å². The van der Waals surface area contributed by atoms with Crippen LogP contribution in [-0.2, 0) is 16.3 Å². The molecule has 1 aliphatic carbocycles. The number of rotatable bonds is 2. The molecule has 2 heterocycles. The van der Waals surface area contributed by atoms with Gasteiger partial charge in [0.25, 0.3) is 0 Å². The Hall–Kier alpha value is -1.50. The summed E-state index contributed by atoms with van der Waals surface area (Å²) in [6, 6.07) is 1.28. The molecule has 1 aromatic rings. The first-order valence-corrected chi connectivity index (χ1v) is 9.82. The van der Waals surface area contributed by atoms with Gasteiger partial charge in [0.2, 0.25) is 0 Å². The van der Waals surface area contributed by atoms with Crippen LogP contribution in [0.2, 0.25) is 0 Å². The molecule has 1 saturated heterocycles. The molecule has 3 rings (SSSR count). The number of hydrogen-bond acceptors (Lipinski definition) is 4. The maximum absolute atomic E-state index is 12.3. The van der Waals surface area contributed by atoms with Gasteiger partial charge >= 0.3 is 6.03 Å². The van der Waals surface area contributed by atoms with E-state index in [1.807, 2.05) is 13.0 Å². The van der Waals surface area contributed by atoms with Crippen LogP contribution in [0.5, 0.6) is 0 Å². The van der Waals surface area contributed by atoms with Crippen molar-refractivity contribution in [2.75, 3.05) is 11.5 Å². The van der Waals surface area contributed by atoms with Crippen LogP contribution in [0.3, 0.4) is 0 Å². The highest BCUT2D eigenvalue weighted by molar-refractivity contribution is 7.91. The van der Waals surface area contributed by atoms with Crippen LogP contribution in [0.15, 0.2) is 10.5 Å². The number of aryl methyl sites for hydroxylation is 1. The van der Waals surface area contributed by atoms with Gasteiger partial charge < -0.3 is 15.1 Å². The van der Waals surface area contributed by atoms with Crippen molar-refractivity contribution in [2.45, 2.75) is 52.1 Å². The predicted octanol–water partition coefficient (Wildman–Crippen LogP) is 2.09. The van der Waals surface area contributed by atoms with E-state index in [9.17, 15) is 13.2 Å². The number of sulfone groups is 1. The van der Waals surface area contributed by atoms with Gasteiger partial charge in [0, 0.05) is 18.0 Å². The maximum atomic E-state index is 12.3. The quantitative estimate of drug-likeness (QED) is 0.863. The van der Waals surface area contributed by atoms with E-state index in [2.05, 4.69) is 24.5 Å². The zero-order valence-electron chi connectivity index (χ0n) is 13.8. The van der Waals surface area contributed by atoms with Crippen LogP contribution in [0.1, 0.15) is 49.8 Å². The summed E-state index contributed by atoms with van der Waals surface area (Å²) in [6.45, 7) is 6.22. The van der Waals surface area contributed by atoms with Crippen molar-refractivity contribution >= 4 is 15.9 Å². The molecule has 0 unspecified atom stereocenters. The predicted molar refractivity (Wildman–Crippen MR) is 87.0 cm³/mol. The fourth-order valence-electron chi connectivity index (χ4n) is 3.61. The largest absolute Gasteiger partial charge is 0.466 e. The lowest BCUT2D eigenvalue weighted by atomic mass is 9.75. The Morgan fingerprint density at radius 3 is 2.74 bits per heavy atom. The highest BCUT2D eigenvalue weighted by atomic mass is 32.2. The molecule has 1 aromatic heterocycles. The Morgan fingerprint density at radius 2 is 2.09 bits per heavy atom. The van der Waals surface area contributed by atoms with Crippen molar-refractivity contribution in [3.63, 3.8) is 0 Å². The van der Waals surface area contributed by atoms with Crippen molar-refractivity contribution in [1.29, 1.82) is 0 Å². The summed E-state index contributed by atoms with van der Waals surface area (Å²) in [5.74, 6) is 1.97. The lowest BCUT2D eigenvalue weighted by molar-refractivity contribution is 0.212. The number of fused-ring (bicyclic) bond motifs is 1. The Morgan fingerprint density at radius 1 is 1.35 bits per heavy atom. The summed E-state index contributed by atoms with van der Waals surface area (Å²) in [6.07, 6.45) is 2.17. The molecule has 0 radical (unpaired) electrons. The number of furan rings is 1. The SMILES string of the molecule is Cc1cc2c(o1)CC(C)(C)C[C@H]2NC(=O)N[C@H]1CCS(=O)(=O)C1. The fraction of sp³-hybridized carbons (Fsp3) is 0.688. The van der Waals surface area contributed by atoms with Gasteiger partial charge in [-0.25, -0.2) is 13.2 Å². The number of carbonyl (C=O) groups is 1. The van der Waals surface area contributed by atoms with Gasteiger partial charge in [-0.1, -0.05) is 13.8 Å². The van der Waals surface area contributed by atoms with Crippen LogP contribution in [0, 0.1) is 12.3 Å². The molecule has 0 bridgehead atoms. The van der Waals surface area contributed by atoms with Crippen LogP contribution >= 0.6 is 0 Å². The second-order valence-corrected chi connectivity index (χ2v) is 9.78. The number of carbonyl (C=O) groups excluding carboxylic acids is 1. The topological polar surface area (TPSA) is 88.4 Å². The third-order valence-corrected chi connectivity index (χ3v) is 6.38. The minimum absolute atomic E-state index is 0.0344. The minimum Gasteiger partial charge on any atom is -0.466 e. The normalized spacial score (nSPS) is 28.1. The molecule has 0 aromatic carbocycles. The molecule has 2 N–H and O–H groups in total. The highest BCUT2D eigenvalue weighted by Crippen LogP contribution is 2.41. The maximum Gasteiger partial charge on any atom is 0.315 e. The molecule has 0 spiro atoms. The lowest BCUT2D eigenvalue weighted by Gasteiger charge is -2.34. The molecular weight excluding hydrogens is 316 g/mol. The lowest BCUT2D eigenvalue weighted by Crippen LogP contribution is -2.45. The molecular formula is C16H24N2O4S. The fourth-order valence-corrected chi connectivity index (χ4v) is 5.28. The molecule has 2 aliphatic rings. The average Bonchev–Trinajstić information content (AvgIpc) is 2.90. The van der Waals surface area contributed by atoms with E-state index >= 15 is 0 Å². The molecule has 0 saturated carbocycles. The van der Waals surface area contributed by atoms with Crippen LogP contribution in [0.25, 0.3) is 0 Å². The summed E-state index contributed by atoms with van der Waals surface area (Å²) in [5.41, 5.74) is 1.09. The summed E-state index contributed by atoms with van der Waals surface area (Å²) >= 11 is 0. The van der Waals surface area contributed by atoms with Crippen LogP contribution in [0.4, 0.5) is 4.79 Å². The van der Waals surface area contributed by atoms with Gasteiger partial charge in [0.1, 0.15) is 11.5 Å². The van der Waals surface area contributed by atoms with Crippen molar-refractivity contribution in [1.82, 2.24) is 10.6 Å². The summed E-state index contributed by atoms with van der Waals surface area (Å²) in [5, 5.41) is 5.78. The standard InChI is InChI=1S/C16H24N2O4S/c1-10-6-12-13(7-16(2,3)8-14(12)22-10)18-15(19)17-11-4-5-23(20,21)9-11/h6,11,13H,4-5,7-9H2,1-3H3,(H2,17,18,19)/t11-,13+/m0/s1. The third kappa shape index (κ3) is 3.71. The third-order valence-electron chi connectivity index (χ3n) is 4.61. The van der Waals surface area contributed by atoms with E-state index < -0.39 is 9.84 Å². The van der Waals surface area contributed by atoms with Crippen molar-refractivity contribution in [2.24, 2.45) is 5.41 Å². The molecule has 23 heavy (non-hydrogen) atoms. The first-order valence-electron chi connectivity index (χ1n) is 8.00. The van der Waals surface area contributed by atoms with Crippen molar-refractivity contribution in [3.05, 3.63) is 23.2 Å². The van der Waals surface area contributed by atoms with Gasteiger partial charge in [-0.05, 0) is 31.2 Å². The van der Waals surface area contributed by atoms with Gasteiger partial charge in [0.05, 0.1) is 17.5 Å². The van der Waals surface area contributed by atoms with E-state index in [1.165, 1.54) is 0 Å². The van der Waals surface area contributed by atoms with Crippen LogP contribution < -0.4 is 10.6 Å². The Bertz CT molecular complexity index is 720. The molecule has 2 amide bonds. The number of urea groups is 1. The Labute approximate surface area is 136 Å². The first-order chi connectivity index (χ1) is 10.6. The molecule has 128 valence electrons. The zero-order chi connectivity index (χ0) is 16.8. The summed E-state index contributed by atoms with van der Waals surface area (Å²) < 4.78 is 28.7. The number of hydrogen-bond donors (Lipinski definition) is 2. The minimum atomic E-state index is -3.00. The molecule has 1 aliphatic heterocycles. The average molecular weight is 340 g/mol. The van der Waals surface area contributed by atoms with E-state index in [4.69, 9.17) is 4.42 Å². The van der Waals surface area contributed by atoms with Gasteiger partial charge in [-0.3, -0.25) is 0 Å². The van der Waals surface area contributed by atoms with E-state index in [1.54, 1.807) is 0 Å². The van der Waals surface area contributed by atoms with Gasteiger partial charge in [0.15, 0.2) is 9.84 Å². The summed E-state index contributed by atoms with van der Waals surface area (Å²) in [7, 11) is -3.00. The second-order valence-electron chi connectivity index (χ2n) is 7.55. The first kappa shape index (κ1) is 16.4. The van der Waals surface area contributed by atoms with Gasteiger partial charge in [-0.15, -0.1) is 0 Å². The highest BCUT2D eigenvalue weighted by Gasteiger charge is 2.36. The summed E-state index contributed by atoms with van der Waals surface area (Å²) in [4.78, 5) is 12.3. The molecule has 1 fully saturated rings. The van der Waals surface area contributed by atoms with E-state index in [0.717, 1.165) is 29.9 Å². The van der Waals surface area contributed by atoms with Crippen molar-refractivity contribution < 1.29 is 17.6 Å². The number of nitrogens with one attached hydrogen (secondary N) is 2. The molecule has 6 nitrogen and oxygen atoms in total. The Balaban J connectivity index is 1.68. The second kappa shape index (κ2) is 5.54. The molecule has 2 atom stereocenters. The number of amides is 2. The monoisotopic (exact) mass is 340 g/mol. The van der Waals surface area contributed by atoms with Gasteiger partial charge in [-0.2, -0.15) is 0 Å². The van der Waals surface area contributed by atoms with Crippen molar-refractivity contribution in [3.8, 4) is 0 Å². The smallest absolute Gasteiger partial charge is 0.315 e.